The standard InChI is InChI=1S/C22H18N4O3S2/c1-30-18-8-5-15(6-9-18)12-21(27)25(14-16-4-2-3-11-23-16)22-24-19-10-7-17(26(28)29)13-20(19)31-22/h2-11,13H,12,14H2,1H3. The minimum atomic E-state index is -0.437. The number of fused-ring (bicyclic) bond motifs is 1. The first-order valence-electron chi connectivity index (χ1n) is 9.41. The van der Waals surface area contributed by atoms with Crippen molar-refractivity contribution in [2.45, 2.75) is 17.9 Å². The second-order valence-electron chi connectivity index (χ2n) is 6.73. The minimum Gasteiger partial charge on any atom is -0.282 e. The van der Waals surface area contributed by atoms with Crippen LogP contribution in [0.15, 0.2) is 71.8 Å². The van der Waals surface area contributed by atoms with Crippen molar-refractivity contribution < 1.29 is 9.72 Å². The molecule has 0 bridgehead atoms. The molecule has 0 aliphatic rings. The van der Waals surface area contributed by atoms with Gasteiger partial charge in [0, 0.05) is 23.2 Å². The lowest BCUT2D eigenvalue weighted by Crippen LogP contribution is -2.32. The molecule has 2 aromatic heterocycles. The molecule has 0 spiro atoms. The van der Waals surface area contributed by atoms with Crippen LogP contribution >= 0.6 is 23.1 Å². The number of hydrogen-bond donors (Lipinski definition) is 0. The summed E-state index contributed by atoms with van der Waals surface area (Å²) in [5.41, 5.74) is 2.26. The van der Waals surface area contributed by atoms with Crippen LogP contribution in [0.2, 0.25) is 0 Å². The molecule has 156 valence electrons. The summed E-state index contributed by atoms with van der Waals surface area (Å²) in [5.74, 6) is -0.115. The molecule has 0 N–H and O–H groups in total. The molecule has 7 nitrogen and oxygen atoms in total. The van der Waals surface area contributed by atoms with Gasteiger partial charge in [-0.1, -0.05) is 29.5 Å². The van der Waals surface area contributed by atoms with Crippen molar-refractivity contribution in [3.05, 3.63) is 88.2 Å². The highest BCUT2D eigenvalue weighted by Crippen LogP contribution is 2.32. The van der Waals surface area contributed by atoms with Crippen molar-refractivity contribution in [2.75, 3.05) is 11.2 Å². The third kappa shape index (κ3) is 4.89. The molecular formula is C22H18N4O3S2. The van der Waals surface area contributed by atoms with Crippen LogP contribution in [0.1, 0.15) is 11.3 Å². The molecule has 4 aromatic rings. The summed E-state index contributed by atoms with van der Waals surface area (Å²) >= 11 is 2.91. The van der Waals surface area contributed by atoms with Gasteiger partial charge >= 0.3 is 0 Å². The Labute approximate surface area is 186 Å². The molecule has 0 atom stereocenters. The Kier molecular flexibility index (Phi) is 6.24. The lowest BCUT2D eigenvalue weighted by molar-refractivity contribution is -0.384. The van der Waals surface area contributed by atoms with Gasteiger partial charge in [-0.25, -0.2) is 4.98 Å². The fourth-order valence-corrected chi connectivity index (χ4v) is 4.48. The Hall–Kier alpha value is -3.30. The summed E-state index contributed by atoms with van der Waals surface area (Å²) in [6.07, 6.45) is 3.91. The summed E-state index contributed by atoms with van der Waals surface area (Å²) in [6, 6.07) is 17.9. The number of thioether (sulfide) groups is 1. The number of thiazole rings is 1. The van der Waals surface area contributed by atoms with E-state index in [1.165, 1.54) is 23.5 Å². The molecule has 1 amide bonds. The number of nitro benzene ring substituents is 1. The number of carbonyl (C=O) groups is 1. The number of amides is 1. The van der Waals surface area contributed by atoms with Crippen molar-refractivity contribution in [3.8, 4) is 0 Å². The van der Waals surface area contributed by atoms with Crippen LogP contribution in [0.25, 0.3) is 10.2 Å². The quantitative estimate of drug-likeness (QED) is 0.221. The van der Waals surface area contributed by atoms with Gasteiger partial charge in [-0.2, -0.15) is 0 Å². The number of nitro groups is 1. The number of anilines is 1. The van der Waals surface area contributed by atoms with Crippen molar-refractivity contribution in [3.63, 3.8) is 0 Å². The van der Waals surface area contributed by atoms with Crippen LogP contribution in [0.4, 0.5) is 10.8 Å². The van der Waals surface area contributed by atoms with E-state index in [4.69, 9.17) is 0 Å². The molecule has 0 saturated heterocycles. The number of non-ortho nitro benzene ring substituents is 1. The van der Waals surface area contributed by atoms with E-state index in [-0.39, 0.29) is 24.6 Å². The van der Waals surface area contributed by atoms with E-state index in [1.807, 2.05) is 48.7 Å². The Balaban J connectivity index is 1.67. The predicted octanol–water partition coefficient (Wildman–Crippen LogP) is 5.10. The SMILES string of the molecule is CSc1ccc(CC(=O)N(Cc2ccccn2)c2nc3ccc([N+](=O)[O-])cc3s2)cc1. The van der Waals surface area contributed by atoms with E-state index >= 15 is 0 Å². The number of hydrogen-bond acceptors (Lipinski definition) is 7. The Morgan fingerprint density at radius 1 is 1.16 bits per heavy atom. The topological polar surface area (TPSA) is 89.2 Å². The van der Waals surface area contributed by atoms with E-state index < -0.39 is 4.92 Å². The van der Waals surface area contributed by atoms with Crippen molar-refractivity contribution in [2.24, 2.45) is 0 Å². The van der Waals surface area contributed by atoms with Gasteiger partial charge in [0.15, 0.2) is 5.13 Å². The second kappa shape index (κ2) is 9.23. The third-order valence-electron chi connectivity index (χ3n) is 4.66. The Morgan fingerprint density at radius 2 is 1.97 bits per heavy atom. The minimum absolute atomic E-state index is 0.000753. The predicted molar refractivity (Wildman–Crippen MR) is 124 cm³/mol. The first kappa shape index (κ1) is 21.0. The summed E-state index contributed by atoms with van der Waals surface area (Å²) in [7, 11) is 0. The number of aromatic nitrogens is 2. The molecule has 31 heavy (non-hydrogen) atoms. The van der Waals surface area contributed by atoms with Gasteiger partial charge in [0.05, 0.1) is 33.8 Å². The van der Waals surface area contributed by atoms with Gasteiger partial charge in [-0.05, 0) is 42.2 Å². The monoisotopic (exact) mass is 450 g/mol. The summed E-state index contributed by atoms with van der Waals surface area (Å²) in [5, 5.41) is 11.6. The van der Waals surface area contributed by atoms with Crippen LogP contribution in [-0.2, 0) is 17.8 Å². The van der Waals surface area contributed by atoms with Crippen LogP contribution < -0.4 is 4.90 Å². The molecule has 4 rings (SSSR count). The normalized spacial score (nSPS) is 10.9. The van der Waals surface area contributed by atoms with Crippen molar-refractivity contribution >= 4 is 50.0 Å². The van der Waals surface area contributed by atoms with Gasteiger partial charge in [-0.3, -0.25) is 24.8 Å². The van der Waals surface area contributed by atoms with E-state index in [2.05, 4.69) is 9.97 Å². The van der Waals surface area contributed by atoms with Crippen LogP contribution in [0.3, 0.4) is 0 Å². The zero-order valence-electron chi connectivity index (χ0n) is 16.6. The van der Waals surface area contributed by atoms with Crippen molar-refractivity contribution in [1.82, 2.24) is 9.97 Å². The number of pyridine rings is 1. The maximum Gasteiger partial charge on any atom is 0.270 e. The number of carbonyl (C=O) groups excluding carboxylic acids is 1. The number of benzene rings is 2. The largest absolute Gasteiger partial charge is 0.282 e. The van der Waals surface area contributed by atoms with Gasteiger partial charge in [0.1, 0.15) is 0 Å². The molecule has 0 aliphatic heterocycles. The average Bonchev–Trinajstić information content (AvgIpc) is 3.21. The molecule has 9 heteroatoms. The number of rotatable bonds is 7. The maximum atomic E-state index is 13.3. The molecule has 0 aliphatic carbocycles. The number of nitrogens with zero attached hydrogens (tertiary/aromatic N) is 4. The summed E-state index contributed by atoms with van der Waals surface area (Å²) < 4.78 is 0.660. The zero-order valence-corrected chi connectivity index (χ0v) is 18.2. The zero-order chi connectivity index (χ0) is 21.8. The molecule has 0 fully saturated rings. The summed E-state index contributed by atoms with van der Waals surface area (Å²) in [4.78, 5) is 35.6. The molecule has 0 unspecified atom stereocenters. The van der Waals surface area contributed by atoms with Crippen LogP contribution in [0, 0.1) is 10.1 Å². The average molecular weight is 451 g/mol. The van der Waals surface area contributed by atoms with Gasteiger partial charge in [0.2, 0.25) is 5.91 Å². The highest BCUT2D eigenvalue weighted by atomic mass is 32.2. The second-order valence-corrected chi connectivity index (χ2v) is 8.62. The van der Waals surface area contributed by atoms with E-state index in [1.54, 1.807) is 28.9 Å². The lowest BCUT2D eigenvalue weighted by Gasteiger charge is -2.19. The first-order valence-corrected chi connectivity index (χ1v) is 11.5. The first-order chi connectivity index (χ1) is 15.0. The Bertz CT molecular complexity index is 1230. The van der Waals surface area contributed by atoms with Gasteiger partial charge < -0.3 is 0 Å². The highest BCUT2D eigenvalue weighted by Gasteiger charge is 2.22. The fraction of sp³-hybridized carbons (Fsp3) is 0.136. The van der Waals surface area contributed by atoms with Crippen LogP contribution in [0.5, 0.6) is 0 Å². The molecule has 2 aromatic carbocycles. The van der Waals surface area contributed by atoms with Gasteiger partial charge in [0.25, 0.3) is 5.69 Å². The molecule has 0 radical (unpaired) electrons. The van der Waals surface area contributed by atoms with E-state index in [0.717, 1.165) is 16.2 Å². The van der Waals surface area contributed by atoms with Gasteiger partial charge in [-0.15, -0.1) is 11.8 Å². The van der Waals surface area contributed by atoms with E-state index in [0.29, 0.717) is 15.3 Å². The smallest absolute Gasteiger partial charge is 0.270 e. The molecule has 2 heterocycles. The third-order valence-corrected chi connectivity index (χ3v) is 6.45. The lowest BCUT2D eigenvalue weighted by atomic mass is 10.1. The fourth-order valence-electron chi connectivity index (χ4n) is 3.06. The molecular weight excluding hydrogens is 432 g/mol. The summed E-state index contributed by atoms with van der Waals surface area (Å²) in [6.45, 7) is 0.268. The van der Waals surface area contributed by atoms with Crippen molar-refractivity contribution in [1.29, 1.82) is 0 Å². The van der Waals surface area contributed by atoms with E-state index in [9.17, 15) is 14.9 Å². The maximum absolute atomic E-state index is 13.3. The van der Waals surface area contributed by atoms with Crippen LogP contribution in [-0.4, -0.2) is 27.1 Å². The highest BCUT2D eigenvalue weighted by molar-refractivity contribution is 7.98. The molecule has 0 saturated carbocycles. The Morgan fingerprint density at radius 3 is 2.65 bits per heavy atom.